The van der Waals surface area contributed by atoms with Crippen LogP contribution in [0.5, 0.6) is 0 Å². The van der Waals surface area contributed by atoms with Crippen molar-refractivity contribution in [2.24, 2.45) is 11.3 Å². The zero-order chi connectivity index (χ0) is 12.8. The summed E-state index contributed by atoms with van der Waals surface area (Å²) < 4.78 is 0. The van der Waals surface area contributed by atoms with Gasteiger partial charge in [-0.1, -0.05) is 82.6 Å². The van der Waals surface area contributed by atoms with Gasteiger partial charge in [0.15, 0.2) is 0 Å². The molecule has 0 aliphatic rings. The van der Waals surface area contributed by atoms with Gasteiger partial charge in [0.05, 0.1) is 0 Å². The van der Waals surface area contributed by atoms with Crippen LogP contribution in [0.15, 0.2) is 0 Å². The van der Waals surface area contributed by atoms with Crippen LogP contribution in [0, 0.1) is 11.3 Å². The van der Waals surface area contributed by atoms with E-state index in [0.717, 1.165) is 5.92 Å². The van der Waals surface area contributed by atoms with Gasteiger partial charge in [-0.25, -0.2) is 0 Å². The van der Waals surface area contributed by atoms with Crippen LogP contribution in [0.25, 0.3) is 0 Å². The van der Waals surface area contributed by atoms with Crippen LogP contribution in [-0.4, -0.2) is 0 Å². The minimum Gasteiger partial charge on any atom is -0.0683 e. The third-order valence-corrected chi connectivity index (χ3v) is 2.09. The van der Waals surface area contributed by atoms with E-state index >= 15 is 0 Å². The first-order chi connectivity index (χ1) is 6.48. The van der Waals surface area contributed by atoms with Gasteiger partial charge in [0.25, 0.3) is 0 Å². The van der Waals surface area contributed by atoms with Crippen molar-refractivity contribution in [3.8, 4) is 0 Å². The molecule has 0 saturated carbocycles. The Morgan fingerprint density at radius 2 is 1.00 bits per heavy atom. The smallest absolute Gasteiger partial charge is 0.0357 e. The Kier molecular flexibility index (Phi) is 31.6. The van der Waals surface area contributed by atoms with Gasteiger partial charge in [0.2, 0.25) is 0 Å². The van der Waals surface area contributed by atoms with Gasteiger partial charge in [-0.3, -0.25) is 0 Å². The quantitative estimate of drug-likeness (QED) is 0.480. The molecule has 0 heterocycles. The molecule has 0 aromatic heterocycles. The molecular formula is C14H36. The van der Waals surface area contributed by atoms with Crippen molar-refractivity contribution in [2.75, 3.05) is 0 Å². The van der Waals surface area contributed by atoms with Crippen LogP contribution in [0.2, 0.25) is 0 Å². The fourth-order valence-corrected chi connectivity index (χ4v) is 0.612. The van der Waals surface area contributed by atoms with E-state index in [0.29, 0.717) is 5.41 Å². The highest BCUT2D eigenvalue weighted by Crippen LogP contribution is 2.27. The van der Waals surface area contributed by atoms with Crippen molar-refractivity contribution >= 4 is 0 Å². The van der Waals surface area contributed by atoms with Gasteiger partial charge in [0, 0.05) is 0 Å². The maximum absolute atomic E-state index is 2.31. The maximum Gasteiger partial charge on any atom is -0.0357 e. The van der Waals surface area contributed by atoms with Gasteiger partial charge in [-0.2, -0.15) is 0 Å². The lowest BCUT2D eigenvalue weighted by atomic mass is 9.81. The average Bonchev–Trinajstić information content (AvgIpc) is 2.24. The van der Waals surface area contributed by atoms with Crippen molar-refractivity contribution in [1.29, 1.82) is 0 Å². The van der Waals surface area contributed by atoms with E-state index in [2.05, 4.69) is 34.6 Å². The molecule has 0 aromatic rings. The highest BCUT2D eigenvalue weighted by molar-refractivity contribution is 4.67. The lowest BCUT2D eigenvalue weighted by molar-refractivity contribution is 0.254. The molecule has 0 radical (unpaired) electrons. The molecule has 0 nitrogen and oxygen atoms in total. The number of hydrogen-bond acceptors (Lipinski definition) is 0. The molecule has 0 aliphatic carbocycles. The molecule has 14 heavy (non-hydrogen) atoms. The second kappa shape index (κ2) is 18.7. The average molecular weight is 204 g/mol. The van der Waals surface area contributed by atoms with E-state index in [1.165, 1.54) is 6.42 Å². The zero-order valence-corrected chi connectivity index (χ0v) is 12.8. The Hall–Kier alpha value is 0. The summed E-state index contributed by atoms with van der Waals surface area (Å²) in [7, 11) is 0. The highest BCUT2D eigenvalue weighted by Gasteiger charge is 2.16. The van der Waals surface area contributed by atoms with Crippen molar-refractivity contribution in [3.63, 3.8) is 0 Å². The molecule has 0 bridgehead atoms. The van der Waals surface area contributed by atoms with Crippen LogP contribution in [0.1, 0.15) is 82.6 Å². The predicted molar refractivity (Wildman–Crippen MR) is 73.0 cm³/mol. The molecule has 0 amide bonds. The SMILES string of the molecule is CC.CC.CC.CCC(C)C(C)(C)C. The molecule has 0 spiro atoms. The molecule has 0 heteroatoms. The second-order valence-corrected chi connectivity index (χ2v) is 3.68. The first-order valence-corrected chi connectivity index (χ1v) is 6.48. The number of rotatable bonds is 1. The lowest BCUT2D eigenvalue weighted by Crippen LogP contribution is -2.15. The Morgan fingerprint density at radius 1 is 0.786 bits per heavy atom. The first kappa shape index (κ1) is 23.7. The van der Waals surface area contributed by atoms with E-state index < -0.39 is 0 Å². The molecule has 0 fully saturated rings. The molecule has 0 aromatic carbocycles. The van der Waals surface area contributed by atoms with Gasteiger partial charge >= 0.3 is 0 Å². The van der Waals surface area contributed by atoms with Crippen molar-refractivity contribution in [3.05, 3.63) is 0 Å². The van der Waals surface area contributed by atoms with Gasteiger partial charge < -0.3 is 0 Å². The Balaban J connectivity index is -0.0000000708. The van der Waals surface area contributed by atoms with E-state index in [1.54, 1.807) is 0 Å². The minimum absolute atomic E-state index is 0.509. The van der Waals surface area contributed by atoms with Gasteiger partial charge in [-0.05, 0) is 11.3 Å². The summed E-state index contributed by atoms with van der Waals surface area (Å²) in [4.78, 5) is 0. The fourth-order valence-electron chi connectivity index (χ4n) is 0.612. The van der Waals surface area contributed by atoms with Gasteiger partial charge in [-0.15, -0.1) is 0 Å². The summed E-state index contributed by atoms with van der Waals surface area (Å²) in [5.74, 6) is 0.850. The van der Waals surface area contributed by atoms with Crippen LogP contribution < -0.4 is 0 Å². The largest absolute Gasteiger partial charge is 0.0683 e. The zero-order valence-electron chi connectivity index (χ0n) is 12.8. The topological polar surface area (TPSA) is 0 Å². The maximum atomic E-state index is 2.31. The van der Waals surface area contributed by atoms with Crippen molar-refractivity contribution < 1.29 is 0 Å². The van der Waals surface area contributed by atoms with Crippen molar-refractivity contribution in [2.45, 2.75) is 82.6 Å². The van der Waals surface area contributed by atoms with Crippen molar-refractivity contribution in [1.82, 2.24) is 0 Å². The Bertz CT molecular complexity index is 56.9. The number of hydrogen-bond donors (Lipinski definition) is 0. The molecule has 0 aliphatic heterocycles. The van der Waals surface area contributed by atoms with Gasteiger partial charge in [0.1, 0.15) is 0 Å². The summed E-state index contributed by atoms with van der Waals surface area (Å²) in [6.07, 6.45) is 1.30. The summed E-state index contributed by atoms with van der Waals surface area (Å²) in [6, 6.07) is 0. The lowest BCUT2D eigenvalue weighted by Gasteiger charge is -2.25. The molecule has 0 N–H and O–H groups in total. The summed E-state index contributed by atoms with van der Waals surface area (Å²) >= 11 is 0. The Labute approximate surface area is 94.5 Å². The molecule has 92 valence electrons. The first-order valence-electron chi connectivity index (χ1n) is 6.48. The second-order valence-electron chi connectivity index (χ2n) is 3.68. The predicted octanol–water partition coefficient (Wildman–Crippen LogP) is 6.16. The minimum atomic E-state index is 0.509. The van der Waals surface area contributed by atoms with E-state index in [4.69, 9.17) is 0 Å². The molecule has 0 rings (SSSR count). The molecule has 1 unspecified atom stereocenters. The molecule has 0 saturated heterocycles. The van der Waals surface area contributed by atoms with Crippen LogP contribution in [0.3, 0.4) is 0 Å². The van der Waals surface area contributed by atoms with E-state index in [9.17, 15) is 0 Å². The van der Waals surface area contributed by atoms with Crippen LogP contribution >= 0.6 is 0 Å². The van der Waals surface area contributed by atoms with E-state index in [1.807, 2.05) is 41.5 Å². The third kappa shape index (κ3) is 22.7. The Morgan fingerprint density at radius 3 is 1.00 bits per heavy atom. The molecule has 1 atom stereocenters. The fraction of sp³-hybridized carbons (Fsp3) is 1.00. The molecular weight excluding hydrogens is 168 g/mol. The summed E-state index contributed by atoms with van der Waals surface area (Å²) in [5.41, 5.74) is 0.509. The van der Waals surface area contributed by atoms with Crippen LogP contribution in [-0.2, 0) is 0 Å². The summed E-state index contributed by atoms with van der Waals surface area (Å²) in [6.45, 7) is 23.4. The summed E-state index contributed by atoms with van der Waals surface area (Å²) in [5, 5.41) is 0. The van der Waals surface area contributed by atoms with E-state index in [-0.39, 0.29) is 0 Å². The van der Waals surface area contributed by atoms with Crippen LogP contribution in [0.4, 0.5) is 0 Å². The normalized spacial score (nSPS) is 10.5. The standard InChI is InChI=1S/C8H18.3C2H6/c1-6-7(2)8(3,4)5;3*1-2/h7H,6H2,1-5H3;3*1-2H3. The third-order valence-electron chi connectivity index (χ3n) is 2.09. The monoisotopic (exact) mass is 204 g/mol. The highest BCUT2D eigenvalue weighted by atomic mass is 14.2.